The molecular weight excluding hydrogens is 381 g/mol. The van der Waals surface area contributed by atoms with Crippen LogP contribution in [0, 0.1) is 17.5 Å². The molecule has 1 unspecified atom stereocenters. The number of carbonyl (C=O) groups excluding carboxylic acids is 1. The minimum atomic E-state index is -1.63. The number of rotatable bonds is 6. The van der Waals surface area contributed by atoms with Crippen molar-refractivity contribution in [3.63, 3.8) is 0 Å². The third kappa shape index (κ3) is 4.17. The molecule has 27 heavy (non-hydrogen) atoms. The van der Waals surface area contributed by atoms with Gasteiger partial charge in [0.05, 0.1) is 17.6 Å². The fourth-order valence-corrected chi connectivity index (χ4v) is 2.99. The Morgan fingerprint density at radius 1 is 1.26 bits per heavy atom. The summed E-state index contributed by atoms with van der Waals surface area (Å²) in [5.74, 6) is -4.21. The first-order valence-electron chi connectivity index (χ1n) is 7.99. The highest BCUT2D eigenvalue weighted by atomic mass is 32.1. The molecule has 3 rings (SSSR count). The van der Waals surface area contributed by atoms with Crippen molar-refractivity contribution >= 4 is 22.9 Å². The molecule has 0 saturated carbocycles. The van der Waals surface area contributed by atoms with Crippen molar-refractivity contribution in [1.82, 2.24) is 10.2 Å². The van der Waals surface area contributed by atoms with Crippen LogP contribution < -0.4 is 10.2 Å². The number of likely N-dealkylation sites (N-methyl/N-ethyl adjacent to an activating group) is 1. The van der Waals surface area contributed by atoms with E-state index in [4.69, 9.17) is 4.42 Å². The molecule has 3 aromatic rings. The van der Waals surface area contributed by atoms with Gasteiger partial charge in [0, 0.05) is 0 Å². The Labute approximate surface area is 156 Å². The zero-order valence-corrected chi connectivity index (χ0v) is 15.2. The smallest absolute Gasteiger partial charge is 0.279 e. The van der Waals surface area contributed by atoms with Gasteiger partial charge in [0.2, 0.25) is 0 Å². The van der Waals surface area contributed by atoms with E-state index in [1.54, 1.807) is 14.0 Å². The molecule has 0 radical (unpaired) electrons. The quantitative estimate of drug-likeness (QED) is 0.627. The van der Waals surface area contributed by atoms with E-state index < -0.39 is 29.0 Å². The number of aromatic nitrogens is 2. The average Bonchev–Trinajstić information content (AvgIpc) is 3.32. The predicted molar refractivity (Wildman–Crippen MR) is 92.7 cm³/mol. The number of amides is 1. The minimum absolute atomic E-state index is 0.0731. The van der Waals surface area contributed by atoms with Crippen molar-refractivity contribution in [2.75, 3.05) is 18.9 Å². The van der Waals surface area contributed by atoms with Gasteiger partial charge in [-0.1, -0.05) is 6.07 Å². The average molecular weight is 397 g/mol. The summed E-state index contributed by atoms with van der Waals surface area (Å²) >= 11 is 1.46. The molecular formula is C17H16F3N4O2S+. The van der Waals surface area contributed by atoms with Crippen molar-refractivity contribution in [2.24, 2.45) is 0 Å². The lowest BCUT2D eigenvalue weighted by atomic mass is 10.2. The summed E-state index contributed by atoms with van der Waals surface area (Å²) in [6.45, 7) is 1.72. The van der Waals surface area contributed by atoms with E-state index in [2.05, 4.69) is 15.5 Å². The van der Waals surface area contributed by atoms with Crippen LogP contribution in [0.5, 0.6) is 0 Å². The van der Waals surface area contributed by atoms with Crippen molar-refractivity contribution in [1.29, 1.82) is 0 Å². The Morgan fingerprint density at radius 2 is 2.04 bits per heavy atom. The molecule has 0 saturated heterocycles. The first kappa shape index (κ1) is 19.1. The molecule has 2 aromatic heterocycles. The van der Waals surface area contributed by atoms with E-state index in [0.717, 1.165) is 17.0 Å². The molecule has 2 heterocycles. The number of hydrogen-bond acceptors (Lipinski definition) is 5. The molecule has 0 fully saturated rings. The lowest BCUT2D eigenvalue weighted by Crippen LogP contribution is -3.10. The Bertz CT molecular complexity index is 946. The van der Waals surface area contributed by atoms with Gasteiger partial charge in [-0.15, -0.1) is 21.5 Å². The standard InChI is InChI=1S/C17H15F3N4O2S/c1-9(16-22-23-17(26-16)12-4-3-7-27-12)24(2)8-13(25)21-11-6-5-10(18)14(19)15(11)20/h3-7,9H,8H2,1-2H3,(H,21,25)/p+1/t9-/m0/s1. The summed E-state index contributed by atoms with van der Waals surface area (Å²) in [4.78, 5) is 13.6. The van der Waals surface area contributed by atoms with Crippen LogP contribution in [0.2, 0.25) is 0 Å². The Balaban J connectivity index is 1.63. The normalized spacial score (nSPS) is 13.4. The first-order chi connectivity index (χ1) is 12.9. The van der Waals surface area contributed by atoms with Crippen LogP contribution >= 0.6 is 11.3 Å². The van der Waals surface area contributed by atoms with Gasteiger partial charge in [-0.25, -0.2) is 13.2 Å². The summed E-state index contributed by atoms with van der Waals surface area (Å²) in [7, 11) is 1.72. The molecule has 1 aromatic carbocycles. The number of carbonyl (C=O) groups is 1. The van der Waals surface area contributed by atoms with Crippen LogP contribution in [0.3, 0.4) is 0 Å². The molecule has 142 valence electrons. The zero-order valence-electron chi connectivity index (χ0n) is 14.4. The van der Waals surface area contributed by atoms with Crippen molar-refractivity contribution in [2.45, 2.75) is 13.0 Å². The van der Waals surface area contributed by atoms with Gasteiger partial charge in [0.1, 0.15) is 0 Å². The van der Waals surface area contributed by atoms with Crippen LogP contribution in [-0.2, 0) is 4.79 Å². The van der Waals surface area contributed by atoms with Crippen molar-refractivity contribution in [3.8, 4) is 10.8 Å². The maximum absolute atomic E-state index is 13.7. The Kier molecular flexibility index (Phi) is 5.57. The molecule has 10 heteroatoms. The number of hydrogen-bond donors (Lipinski definition) is 2. The highest BCUT2D eigenvalue weighted by Crippen LogP contribution is 2.24. The van der Waals surface area contributed by atoms with Crippen LogP contribution in [0.15, 0.2) is 34.1 Å². The second kappa shape index (κ2) is 7.89. The number of thiophene rings is 1. The van der Waals surface area contributed by atoms with Gasteiger partial charge in [-0.3, -0.25) is 4.79 Å². The second-order valence-corrected chi connectivity index (χ2v) is 6.89. The number of anilines is 1. The number of nitrogens with zero attached hydrogens (tertiary/aromatic N) is 2. The SMILES string of the molecule is C[C@@H](c1nnc(-c2cccs2)o1)[NH+](C)CC(=O)Nc1ccc(F)c(F)c1F. The van der Waals surface area contributed by atoms with Crippen LogP contribution in [0.1, 0.15) is 18.9 Å². The molecule has 0 spiro atoms. The third-order valence-corrected chi connectivity index (χ3v) is 4.89. The van der Waals surface area contributed by atoms with E-state index in [1.165, 1.54) is 11.3 Å². The van der Waals surface area contributed by atoms with Gasteiger partial charge < -0.3 is 14.6 Å². The van der Waals surface area contributed by atoms with Gasteiger partial charge >= 0.3 is 0 Å². The third-order valence-electron chi connectivity index (χ3n) is 4.03. The Hall–Kier alpha value is -2.72. The van der Waals surface area contributed by atoms with Crippen molar-refractivity contribution < 1.29 is 27.3 Å². The van der Waals surface area contributed by atoms with E-state index in [-0.39, 0.29) is 12.6 Å². The summed E-state index contributed by atoms with van der Waals surface area (Å²) in [5, 5.41) is 12.1. The zero-order chi connectivity index (χ0) is 19.6. The van der Waals surface area contributed by atoms with Crippen LogP contribution in [0.4, 0.5) is 18.9 Å². The molecule has 0 aliphatic heterocycles. The van der Waals surface area contributed by atoms with Crippen LogP contribution in [0.25, 0.3) is 10.8 Å². The minimum Gasteiger partial charge on any atom is -0.414 e. The maximum Gasteiger partial charge on any atom is 0.279 e. The molecule has 0 aliphatic carbocycles. The van der Waals surface area contributed by atoms with Gasteiger partial charge in [0.15, 0.2) is 30.0 Å². The molecule has 0 aliphatic rings. The molecule has 1 amide bonds. The molecule has 6 nitrogen and oxygen atoms in total. The monoisotopic (exact) mass is 397 g/mol. The van der Waals surface area contributed by atoms with E-state index in [0.29, 0.717) is 16.7 Å². The van der Waals surface area contributed by atoms with Crippen molar-refractivity contribution in [3.05, 3.63) is 53.0 Å². The maximum atomic E-state index is 13.7. The molecule has 2 atom stereocenters. The summed E-state index contributed by atoms with van der Waals surface area (Å²) in [6, 6.07) is 5.12. The second-order valence-electron chi connectivity index (χ2n) is 5.94. The van der Waals surface area contributed by atoms with E-state index in [1.807, 2.05) is 17.5 Å². The lowest BCUT2D eigenvalue weighted by molar-refractivity contribution is -0.903. The summed E-state index contributed by atoms with van der Waals surface area (Å²) in [5.41, 5.74) is -0.419. The predicted octanol–water partition coefficient (Wildman–Crippen LogP) is 2.43. The van der Waals surface area contributed by atoms with Gasteiger partial charge in [-0.05, 0) is 30.5 Å². The highest BCUT2D eigenvalue weighted by molar-refractivity contribution is 7.13. The molecule has 0 bridgehead atoms. The summed E-state index contributed by atoms with van der Waals surface area (Å²) in [6.07, 6.45) is 0. The van der Waals surface area contributed by atoms with E-state index in [9.17, 15) is 18.0 Å². The lowest BCUT2D eigenvalue weighted by Gasteiger charge is -2.18. The van der Waals surface area contributed by atoms with Gasteiger partial charge in [0.25, 0.3) is 17.7 Å². The van der Waals surface area contributed by atoms with E-state index >= 15 is 0 Å². The number of benzene rings is 1. The topological polar surface area (TPSA) is 72.5 Å². The highest BCUT2D eigenvalue weighted by Gasteiger charge is 2.25. The largest absolute Gasteiger partial charge is 0.414 e. The fraction of sp³-hybridized carbons (Fsp3) is 0.235. The Morgan fingerprint density at radius 3 is 2.74 bits per heavy atom. The fourth-order valence-electron chi connectivity index (χ4n) is 2.34. The van der Waals surface area contributed by atoms with Gasteiger partial charge in [-0.2, -0.15) is 0 Å². The number of quaternary nitrogens is 1. The van der Waals surface area contributed by atoms with Crippen LogP contribution in [-0.4, -0.2) is 29.7 Å². The summed E-state index contributed by atoms with van der Waals surface area (Å²) < 4.78 is 45.5. The first-order valence-corrected chi connectivity index (χ1v) is 8.87. The molecule has 2 N–H and O–H groups in total. The number of halogens is 3. The number of nitrogens with one attached hydrogen (secondary N) is 2.